The van der Waals surface area contributed by atoms with Crippen LogP contribution in [-0.4, -0.2) is 50.5 Å². The zero-order chi connectivity index (χ0) is 21.4. The van der Waals surface area contributed by atoms with Gasteiger partial charge in [0.05, 0.1) is 23.0 Å². The number of nitro benzene ring substituents is 1. The molecule has 1 saturated heterocycles. The molecule has 0 amide bonds. The van der Waals surface area contributed by atoms with Gasteiger partial charge in [0.15, 0.2) is 0 Å². The molecule has 1 N–H and O–H groups in total. The van der Waals surface area contributed by atoms with Gasteiger partial charge in [0.1, 0.15) is 11.5 Å². The molecular weight excluding hydrogens is 413 g/mol. The van der Waals surface area contributed by atoms with Gasteiger partial charge < -0.3 is 10.1 Å². The summed E-state index contributed by atoms with van der Waals surface area (Å²) in [5, 5.41) is 14.7. The number of anilines is 1. The normalized spacial score (nSPS) is 18.7. The Morgan fingerprint density at radius 1 is 1.17 bits per heavy atom. The molecule has 2 aromatic carbocycles. The second-order valence-corrected chi connectivity index (χ2v) is 9.50. The van der Waals surface area contributed by atoms with Crippen molar-refractivity contribution in [3.63, 3.8) is 0 Å². The summed E-state index contributed by atoms with van der Waals surface area (Å²) in [6, 6.07) is 10.4. The highest BCUT2D eigenvalue weighted by Gasteiger charge is 2.46. The Labute approximate surface area is 173 Å². The summed E-state index contributed by atoms with van der Waals surface area (Å²) in [7, 11) is -3.84. The van der Waals surface area contributed by atoms with Crippen molar-refractivity contribution in [2.45, 2.75) is 23.2 Å². The molecule has 1 aliphatic heterocycles. The molecule has 0 unspecified atom stereocenters. The van der Waals surface area contributed by atoms with Crippen LogP contribution in [0, 0.1) is 15.9 Å². The van der Waals surface area contributed by atoms with E-state index in [-0.39, 0.29) is 35.2 Å². The molecule has 1 heterocycles. The first-order chi connectivity index (χ1) is 14.3. The third-order valence-corrected chi connectivity index (χ3v) is 7.58. The van der Waals surface area contributed by atoms with Crippen LogP contribution in [0.3, 0.4) is 0 Å². The van der Waals surface area contributed by atoms with E-state index in [9.17, 15) is 22.9 Å². The van der Waals surface area contributed by atoms with Gasteiger partial charge in [0.25, 0.3) is 5.69 Å². The Kier molecular flexibility index (Phi) is 5.48. The number of morpholine rings is 1. The highest BCUT2D eigenvalue weighted by Crippen LogP contribution is 2.49. The van der Waals surface area contributed by atoms with E-state index < -0.39 is 20.4 Å². The fourth-order valence-corrected chi connectivity index (χ4v) is 5.18. The number of nitrogens with zero attached hydrogens (tertiary/aromatic N) is 2. The fourth-order valence-electron chi connectivity index (χ4n) is 3.76. The first-order valence-corrected chi connectivity index (χ1v) is 11.1. The maximum Gasteiger partial charge on any atom is 0.293 e. The average molecular weight is 435 g/mol. The van der Waals surface area contributed by atoms with Crippen molar-refractivity contribution >= 4 is 21.4 Å². The van der Waals surface area contributed by atoms with E-state index in [0.717, 1.165) is 18.9 Å². The standard InChI is InChI=1S/C20H22FN3O5S/c21-17-4-2-1-3-16(17)20(7-8-20)14-22-18-6-5-15(13-19(18)24(25)26)30(27,28)23-9-11-29-12-10-23/h1-6,13,22H,7-12,14H2. The second kappa shape index (κ2) is 7.93. The molecule has 0 bridgehead atoms. The number of sulfonamides is 1. The molecular formula is C20H22FN3O5S. The zero-order valence-corrected chi connectivity index (χ0v) is 17.0. The van der Waals surface area contributed by atoms with Crippen molar-refractivity contribution in [3.8, 4) is 0 Å². The Morgan fingerprint density at radius 3 is 2.50 bits per heavy atom. The van der Waals surface area contributed by atoms with Crippen molar-refractivity contribution in [2.75, 3.05) is 38.2 Å². The van der Waals surface area contributed by atoms with E-state index >= 15 is 0 Å². The van der Waals surface area contributed by atoms with Gasteiger partial charge in [0.2, 0.25) is 10.0 Å². The molecule has 1 saturated carbocycles. The molecule has 160 valence electrons. The van der Waals surface area contributed by atoms with E-state index in [1.807, 2.05) is 0 Å². The first kappa shape index (κ1) is 20.7. The minimum absolute atomic E-state index is 0.128. The van der Waals surface area contributed by atoms with Gasteiger partial charge in [-0.2, -0.15) is 4.31 Å². The van der Waals surface area contributed by atoms with Gasteiger partial charge in [0, 0.05) is 31.1 Å². The van der Waals surface area contributed by atoms with E-state index in [4.69, 9.17) is 4.74 Å². The molecule has 8 nitrogen and oxygen atoms in total. The summed E-state index contributed by atoms with van der Waals surface area (Å²) >= 11 is 0. The average Bonchev–Trinajstić information content (AvgIpc) is 3.54. The van der Waals surface area contributed by atoms with Gasteiger partial charge in [-0.1, -0.05) is 18.2 Å². The van der Waals surface area contributed by atoms with Crippen molar-refractivity contribution in [3.05, 3.63) is 64.0 Å². The van der Waals surface area contributed by atoms with Crippen LogP contribution in [0.4, 0.5) is 15.8 Å². The molecule has 1 aliphatic carbocycles. The molecule has 10 heteroatoms. The predicted molar refractivity (Wildman–Crippen MR) is 108 cm³/mol. The minimum atomic E-state index is -3.84. The molecule has 0 spiro atoms. The highest BCUT2D eigenvalue weighted by molar-refractivity contribution is 7.89. The maximum absolute atomic E-state index is 14.2. The monoisotopic (exact) mass is 435 g/mol. The molecule has 0 radical (unpaired) electrons. The van der Waals surface area contributed by atoms with Gasteiger partial charge in [-0.3, -0.25) is 10.1 Å². The van der Waals surface area contributed by atoms with Crippen molar-refractivity contribution < 1.29 is 22.5 Å². The van der Waals surface area contributed by atoms with Crippen LogP contribution in [0.5, 0.6) is 0 Å². The van der Waals surface area contributed by atoms with E-state index in [2.05, 4.69) is 5.32 Å². The van der Waals surface area contributed by atoms with Crippen molar-refractivity contribution in [1.82, 2.24) is 4.31 Å². The lowest BCUT2D eigenvalue weighted by molar-refractivity contribution is -0.384. The third-order valence-electron chi connectivity index (χ3n) is 5.69. The molecule has 4 rings (SSSR count). The minimum Gasteiger partial charge on any atom is -0.379 e. The largest absolute Gasteiger partial charge is 0.379 e. The maximum atomic E-state index is 14.2. The molecule has 30 heavy (non-hydrogen) atoms. The molecule has 2 fully saturated rings. The first-order valence-electron chi connectivity index (χ1n) is 9.69. The summed E-state index contributed by atoms with van der Waals surface area (Å²) in [4.78, 5) is 10.9. The Balaban J connectivity index is 1.57. The lowest BCUT2D eigenvalue weighted by Gasteiger charge is -2.26. The van der Waals surface area contributed by atoms with Crippen LogP contribution in [-0.2, 0) is 20.2 Å². The number of hydrogen-bond acceptors (Lipinski definition) is 6. The number of rotatable bonds is 7. The fraction of sp³-hybridized carbons (Fsp3) is 0.400. The van der Waals surface area contributed by atoms with Crippen LogP contribution in [0.2, 0.25) is 0 Å². The van der Waals surface area contributed by atoms with Gasteiger partial charge in [-0.15, -0.1) is 0 Å². The second-order valence-electron chi connectivity index (χ2n) is 7.57. The number of nitrogens with one attached hydrogen (secondary N) is 1. The van der Waals surface area contributed by atoms with Crippen LogP contribution in [0.15, 0.2) is 47.4 Å². The summed E-state index contributed by atoms with van der Waals surface area (Å²) in [6.45, 7) is 1.32. The van der Waals surface area contributed by atoms with Crippen LogP contribution in [0.1, 0.15) is 18.4 Å². The van der Waals surface area contributed by atoms with E-state index in [0.29, 0.717) is 25.3 Å². The van der Waals surface area contributed by atoms with Crippen molar-refractivity contribution in [2.24, 2.45) is 0 Å². The number of nitro groups is 1. The smallest absolute Gasteiger partial charge is 0.293 e. The molecule has 2 aromatic rings. The predicted octanol–water partition coefficient (Wildman–Crippen LogP) is 2.90. The Hall–Kier alpha value is -2.56. The number of benzene rings is 2. The quantitative estimate of drug-likeness (QED) is 0.530. The van der Waals surface area contributed by atoms with E-state index in [1.165, 1.54) is 22.5 Å². The molecule has 0 atom stereocenters. The summed E-state index contributed by atoms with van der Waals surface area (Å²) in [5.41, 5.74) is 0.0708. The number of ether oxygens (including phenoxy) is 1. The summed E-state index contributed by atoms with van der Waals surface area (Å²) in [5.74, 6) is -0.293. The van der Waals surface area contributed by atoms with Crippen LogP contribution < -0.4 is 5.32 Å². The topological polar surface area (TPSA) is 102 Å². The van der Waals surface area contributed by atoms with Gasteiger partial charge >= 0.3 is 0 Å². The molecule has 2 aliphatic rings. The van der Waals surface area contributed by atoms with Gasteiger partial charge in [-0.05, 0) is 36.6 Å². The lowest BCUT2D eigenvalue weighted by atomic mass is 9.95. The number of hydrogen-bond donors (Lipinski definition) is 1. The summed E-state index contributed by atoms with van der Waals surface area (Å²) in [6.07, 6.45) is 1.55. The number of halogens is 1. The van der Waals surface area contributed by atoms with E-state index in [1.54, 1.807) is 18.2 Å². The Morgan fingerprint density at radius 2 is 1.87 bits per heavy atom. The zero-order valence-electron chi connectivity index (χ0n) is 16.2. The van der Waals surface area contributed by atoms with Gasteiger partial charge in [-0.25, -0.2) is 12.8 Å². The lowest BCUT2D eigenvalue weighted by Crippen LogP contribution is -2.40. The SMILES string of the molecule is O=[N+]([O-])c1cc(S(=O)(=O)N2CCOCC2)ccc1NCC1(c2ccccc2F)CC1. The summed E-state index contributed by atoms with van der Waals surface area (Å²) < 4.78 is 46.3. The third kappa shape index (κ3) is 3.90. The van der Waals surface area contributed by atoms with Crippen LogP contribution in [0.25, 0.3) is 0 Å². The molecule has 0 aromatic heterocycles. The van der Waals surface area contributed by atoms with Crippen LogP contribution >= 0.6 is 0 Å². The van der Waals surface area contributed by atoms with Crippen molar-refractivity contribution in [1.29, 1.82) is 0 Å². The Bertz CT molecular complexity index is 1070. The highest BCUT2D eigenvalue weighted by atomic mass is 32.2.